The van der Waals surface area contributed by atoms with Crippen molar-refractivity contribution in [2.75, 3.05) is 4.72 Å². The van der Waals surface area contributed by atoms with Crippen molar-refractivity contribution in [3.05, 3.63) is 54.1 Å². The zero-order valence-corrected chi connectivity index (χ0v) is 20.5. The number of aromatic nitrogens is 4. The van der Waals surface area contributed by atoms with Crippen molar-refractivity contribution in [1.82, 2.24) is 25.5 Å². The van der Waals surface area contributed by atoms with Crippen LogP contribution in [-0.2, 0) is 26.8 Å². The normalized spacial score (nSPS) is 14.8. The number of sulfonamides is 1. The molecule has 2 aromatic carbocycles. The van der Waals surface area contributed by atoms with Gasteiger partial charge in [-0.25, -0.2) is 8.42 Å². The van der Waals surface area contributed by atoms with Gasteiger partial charge in [-0.05, 0) is 53.3 Å². The minimum absolute atomic E-state index is 0.0441. The van der Waals surface area contributed by atoms with Crippen LogP contribution in [0.2, 0.25) is 0 Å². The Balaban J connectivity index is 1.50. The van der Waals surface area contributed by atoms with Crippen LogP contribution in [0.25, 0.3) is 11.4 Å². The molecule has 0 bridgehead atoms. The van der Waals surface area contributed by atoms with Gasteiger partial charge in [-0.15, -0.1) is 10.2 Å². The van der Waals surface area contributed by atoms with Gasteiger partial charge in [0.25, 0.3) is 10.0 Å². The van der Waals surface area contributed by atoms with Crippen LogP contribution in [0.4, 0.5) is 5.69 Å². The zero-order valence-electron chi connectivity index (χ0n) is 19.7. The van der Waals surface area contributed by atoms with Crippen LogP contribution < -0.4 is 10.0 Å². The predicted octanol–water partition coefficient (Wildman–Crippen LogP) is 3.50. The van der Waals surface area contributed by atoms with Gasteiger partial charge >= 0.3 is 0 Å². The predicted molar refractivity (Wildman–Crippen MR) is 130 cm³/mol. The van der Waals surface area contributed by atoms with E-state index >= 15 is 0 Å². The molecule has 1 fully saturated rings. The third-order valence-electron chi connectivity index (χ3n) is 5.90. The van der Waals surface area contributed by atoms with Crippen molar-refractivity contribution < 1.29 is 13.2 Å². The summed E-state index contributed by atoms with van der Waals surface area (Å²) in [4.78, 5) is 13.7. The van der Waals surface area contributed by atoms with Crippen LogP contribution in [0.3, 0.4) is 0 Å². The first kappa shape index (κ1) is 23.9. The number of carbonyl (C=O) groups excluding carboxylic acids is 1. The monoisotopic (exact) mass is 482 g/mol. The lowest BCUT2D eigenvalue weighted by atomic mass is 9.87. The summed E-state index contributed by atoms with van der Waals surface area (Å²) in [6, 6.07) is 13.9. The standard InChI is InChI=1S/C24H30N6O3S/c1-24(2,3)17-12-14-19(15-13-17)34(32,33)28-21-11-7-6-10-20(21)23-26-29-30(27-23)16-22(31)25-18-8-4-5-9-18/h6-7,10-15,18,28H,4-5,8-9,16H2,1-3H3,(H,25,31). The molecule has 1 amide bonds. The molecule has 1 aromatic heterocycles. The Hall–Kier alpha value is -3.27. The molecule has 10 heteroatoms. The van der Waals surface area contributed by atoms with Crippen LogP contribution in [0, 0.1) is 0 Å². The minimum atomic E-state index is -3.83. The average molecular weight is 483 g/mol. The van der Waals surface area contributed by atoms with Crippen molar-refractivity contribution >= 4 is 21.6 Å². The number of hydrogen-bond acceptors (Lipinski definition) is 6. The first-order chi connectivity index (χ1) is 16.1. The van der Waals surface area contributed by atoms with Crippen LogP contribution in [0.15, 0.2) is 53.4 Å². The molecular formula is C24H30N6O3S. The van der Waals surface area contributed by atoms with E-state index in [2.05, 4.69) is 46.2 Å². The molecule has 1 heterocycles. The van der Waals surface area contributed by atoms with Crippen molar-refractivity contribution in [3.63, 3.8) is 0 Å². The third kappa shape index (κ3) is 5.61. The van der Waals surface area contributed by atoms with E-state index in [-0.39, 0.29) is 34.6 Å². The fraction of sp³-hybridized carbons (Fsp3) is 0.417. The van der Waals surface area contributed by atoms with E-state index in [1.165, 1.54) is 4.80 Å². The lowest BCUT2D eigenvalue weighted by Gasteiger charge is -2.19. The number of para-hydroxylation sites is 1. The van der Waals surface area contributed by atoms with Gasteiger partial charge in [-0.1, -0.05) is 57.9 Å². The first-order valence-electron chi connectivity index (χ1n) is 11.4. The number of benzene rings is 2. The topological polar surface area (TPSA) is 119 Å². The summed E-state index contributed by atoms with van der Waals surface area (Å²) in [6.45, 7) is 6.17. The van der Waals surface area contributed by atoms with Crippen molar-refractivity contribution in [2.24, 2.45) is 0 Å². The molecule has 1 aliphatic carbocycles. The van der Waals surface area contributed by atoms with Gasteiger partial charge in [0.1, 0.15) is 6.54 Å². The van der Waals surface area contributed by atoms with E-state index < -0.39 is 10.0 Å². The maximum Gasteiger partial charge on any atom is 0.261 e. The molecule has 34 heavy (non-hydrogen) atoms. The van der Waals surface area contributed by atoms with Crippen LogP contribution in [-0.4, -0.2) is 40.6 Å². The highest BCUT2D eigenvalue weighted by atomic mass is 32.2. The largest absolute Gasteiger partial charge is 0.352 e. The lowest BCUT2D eigenvalue weighted by Crippen LogP contribution is -2.35. The highest BCUT2D eigenvalue weighted by Crippen LogP contribution is 2.28. The Morgan fingerprint density at radius 2 is 1.74 bits per heavy atom. The summed E-state index contributed by atoms with van der Waals surface area (Å²) in [5.41, 5.74) is 1.77. The van der Waals surface area contributed by atoms with Crippen LogP contribution >= 0.6 is 0 Å². The molecule has 0 unspecified atom stereocenters. The second kappa shape index (κ2) is 9.54. The molecule has 0 saturated heterocycles. The molecule has 0 atom stereocenters. The quantitative estimate of drug-likeness (QED) is 0.532. The molecular weight excluding hydrogens is 452 g/mol. The summed E-state index contributed by atoms with van der Waals surface area (Å²) in [6.07, 6.45) is 4.25. The van der Waals surface area contributed by atoms with E-state index in [1.54, 1.807) is 36.4 Å². The SMILES string of the molecule is CC(C)(C)c1ccc(S(=O)(=O)Nc2ccccc2-c2nnn(CC(=O)NC3CCCC3)n2)cc1. The molecule has 4 rings (SSSR count). The number of rotatable bonds is 7. The smallest absolute Gasteiger partial charge is 0.261 e. The second-order valence-corrected chi connectivity index (χ2v) is 11.3. The average Bonchev–Trinajstić information content (AvgIpc) is 3.45. The Morgan fingerprint density at radius 1 is 1.06 bits per heavy atom. The van der Waals surface area contributed by atoms with E-state index in [0.29, 0.717) is 11.3 Å². The van der Waals surface area contributed by atoms with Gasteiger partial charge in [0, 0.05) is 11.6 Å². The van der Waals surface area contributed by atoms with E-state index in [9.17, 15) is 13.2 Å². The van der Waals surface area contributed by atoms with Gasteiger partial charge in [0.05, 0.1) is 10.6 Å². The Kier molecular flexibility index (Phi) is 6.70. The molecule has 180 valence electrons. The number of carbonyl (C=O) groups is 1. The van der Waals surface area contributed by atoms with Crippen LogP contribution in [0.5, 0.6) is 0 Å². The van der Waals surface area contributed by atoms with Gasteiger partial charge in [-0.3, -0.25) is 9.52 Å². The van der Waals surface area contributed by atoms with Crippen molar-refractivity contribution in [1.29, 1.82) is 0 Å². The summed E-state index contributed by atoms with van der Waals surface area (Å²) >= 11 is 0. The molecule has 0 aliphatic heterocycles. The van der Waals surface area contributed by atoms with Crippen LogP contribution in [0.1, 0.15) is 52.0 Å². The first-order valence-corrected chi connectivity index (χ1v) is 12.9. The fourth-order valence-corrected chi connectivity index (χ4v) is 5.07. The molecule has 1 saturated carbocycles. The number of nitrogens with zero attached hydrogens (tertiary/aromatic N) is 4. The van der Waals surface area contributed by atoms with Gasteiger partial charge in [0.2, 0.25) is 11.7 Å². The van der Waals surface area contributed by atoms with E-state index in [4.69, 9.17) is 0 Å². The Labute approximate surface area is 200 Å². The maximum absolute atomic E-state index is 13.0. The molecule has 1 aliphatic rings. The molecule has 0 spiro atoms. The second-order valence-electron chi connectivity index (χ2n) is 9.62. The maximum atomic E-state index is 13.0. The van der Waals surface area contributed by atoms with Gasteiger partial charge in [-0.2, -0.15) is 4.80 Å². The molecule has 0 radical (unpaired) electrons. The highest BCUT2D eigenvalue weighted by molar-refractivity contribution is 7.92. The van der Waals surface area contributed by atoms with E-state index in [1.807, 2.05) is 12.1 Å². The van der Waals surface area contributed by atoms with Gasteiger partial charge < -0.3 is 5.32 Å². The zero-order chi connectivity index (χ0) is 24.3. The number of nitrogens with one attached hydrogen (secondary N) is 2. The lowest BCUT2D eigenvalue weighted by molar-refractivity contribution is -0.122. The third-order valence-corrected chi connectivity index (χ3v) is 7.28. The molecule has 3 aromatic rings. The van der Waals surface area contributed by atoms with Crippen molar-refractivity contribution in [3.8, 4) is 11.4 Å². The van der Waals surface area contributed by atoms with E-state index in [0.717, 1.165) is 31.2 Å². The number of amides is 1. The van der Waals surface area contributed by atoms with Crippen molar-refractivity contribution in [2.45, 2.75) is 69.4 Å². The Morgan fingerprint density at radius 3 is 2.41 bits per heavy atom. The minimum Gasteiger partial charge on any atom is -0.352 e. The number of hydrogen-bond donors (Lipinski definition) is 2. The molecule has 2 N–H and O–H groups in total. The highest BCUT2D eigenvalue weighted by Gasteiger charge is 2.21. The van der Waals surface area contributed by atoms with Gasteiger partial charge in [0.15, 0.2) is 0 Å². The summed E-state index contributed by atoms with van der Waals surface area (Å²) in [7, 11) is -3.83. The Bertz CT molecular complexity index is 1260. The molecule has 9 nitrogen and oxygen atoms in total. The fourth-order valence-electron chi connectivity index (χ4n) is 3.99. The number of anilines is 1. The summed E-state index contributed by atoms with van der Waals surface area (Å²) in [5, 5.41) is 15.3. The summed E-state index contributed by atoms with van der Waals surface area (Å²) in [5.74, 6) is 0.0681. The summed E-state index contributed by atoms with van der Waals surface area (Å²) < 4.78 is 28.7. The number of tetrazole rings is 1.